The number of carbonyl (C=O) groups excluding carboxylic acids is 2. The van der Waals surface area contributed by atoms with Crippen molar-refractivity contribution in [2.75, 3.05) is 0 Å². The fourth-order valence-corrected chi connectivity index (χ4v) is 3.22. The zero-order chi connectivity index (χ0) is 17.8. The van der Waals surface area contributed by atoms with Gasteiger partial charge in [-0.1, -0.05) is 48.5 Å². The molecule has 1 aliphatic carbocycles. The highest BCUT2D eigenvalue weighted by Crippen LogP contribution is 2.26. The Hall–Kier alpha value is -2.95. The zero-order valence-electron chi connectivity index (χ0n) is 13.6. The highest BCUT2D eigenvalue weighted by molar-refractivity contribution is 6.15. The van der Waals surface area contributed by atoms with Crippen molar-refractivity contribution in [2.24, 2.45) is 5.92 Å². The van der Waals surface area contributed by atoms with Crippen molar-refractivity contribution in [1.29, 1.82) is 0 Å². The number of rotatable bonds is 5. The van der Waals surface area contributed by atoms with Crippen LogP contribution in [0.3, 0.4) is 0 Å². The second-order valence-electron chi connectivity index (χ2n) is 6.26. The van der Waals surface area contributed by atoms with Gasteiger partial charge in [-0.05, 0) is 25.3 Å². The number of ketones is 1. The molecule has 2 atom stereocenters. The minimum atomic E-state index is -0.823. The quantitative estimate of drug-likeness (QED) is 0.822. The van der Waals surface area contributed by atoms with Gasteiger partial charge in [0.25, 0.3) is 5.91 Å². The van der Waals surface area contributed by atoms with Crippen LogP contribution in [-0.2, 0) is 4.79 Å². The Morgan fingerprint density at radius 2 is 1.52 bits per heavy atom. The Morgan fingerprint density at radius 3 is 2.16 bits per heavy atom. The molecule has 0 radical (unpaired) electrons. The molecule has 25 heavy (non-hydrogen) atoms. The van der Waals surface area contributed by atoms with E-state index in [0.29, 0.717) is 36.0 Å². The van der Waals surface area contributed by atoms with Crippen molar-refractivity contribution in [3.8, 4) is 0 Å². The molecule has 1 fully saturated rings. The number of carboxylic acid groups (broad SMARTS) is 1. The molecule has 3 rings (SSSR count). The van der Waals surface area contributed by atoms with Gasteiger partial charge in [-0.25, -0.2) is 0 Å². The van der Waals surface area contributed by atoms with Gasteiger partial charge in [0.2, 0.25) is 0 Å². The van der Waals surface area contributed by atoms with Crippen LogP contribution in [0.2, 0.25) is 0 Å². The standard InChI is InChI=1S/C20H19NO4/c22-18(13-6-2-1-3-7-13)16-8-4-5-9-17(16)19(23)21-15-11-10-14(12-15)20(24)25/h1-9,14-15H,10-12H2,(H,21,23)(H,24,25)/t14-,15+/m0/s1. The van der Waals surface area contributed by atoms with E-state index in [1.165, 1.54) is 0 Å². The third-order valence-corrected chi connectivity index (χ3v) is 4.57. The third kappa shape index (κ3) is 3.76. The molecular formula is C20H19NO4. The molecule has 0 bridgehead atoms. The van der Waals surface area contributed by atoms with Crippen LogP contribution in [0.5, 0.6) is 0 Å². The minimum absolute atomic E-state index is 0.173. The summed E-state index contributed by atoms with van der Waals surface area (Å²) in [5, 5.41) is 11.9. The lowest BCUT2D eigenvalue weighted by Gasteiger charge is -2.14. The Labute approximate surface area is 145 Å². The van der Waals surface area contributed by atoms with Gasteiger partial charge in [0.15, 0.2) is 5.78 Å². The fraction of sp³-hybridized carbons (Fsp3) is 0.250. The average Bonchev–Trinajstić information content (AvgIpc) is 3.10. The van der Waals surface area contributed by atoms with Gasteiger partial charge in [0.1, 0.15) is 0 Å². The fourth-order valence-electron chi connectivity index (χ4n) is 3.22. The first-order valence-corrected chi connectivity index (χ1v) is 8.28. The number of hydrogen-bond donors (Lipinski definition) is 2. The molecule has 0 unspecified atom stereocenters. The van der Waals surface area contributed by atoms with E-state index in [4.69, 9.17) is 5.11 Å². The van der Waals surface area contributed by atoms with E-state index >= 15 is 0 Å². The second-order valence-corrected chi connectivity index (χ2v) is 6.26. The number of carboxylic acids is 1. The SMILES string of the molecule is O=C(N[C@@H]1CC[C@H](C(=O)O)C1)c1ccccc1C(=O)c1ccccc1. The lowest BCUT2D eigenvalue weighted by Crippen LogP contribution is -2.34. The smallest absolute Gasteiger partial charge is 0.306 e. The molecule has 1 aliphatic rings. The summed E-state index contributed by atoms with van der Waals surface area (Å²) in [7, 11) is 0. The summed E-state index contributed by atoms with van der Waals surface area (Å²) in [5.74, 6) is -1.78. The summed E-state index contributed by atoms with van der Waals surface area (Å²) >= 11 is 0. The van der Waals surface area contributed by atoms with Crippen LogP contribution in [0, 0.1) is 5.92 Å². The van der Waals surface area contributed by atoms with Gasteiger partial charge in [0.05, 0.1) is 11.5 Å². The van der Waals surface area contributed by atoms with Gasteiger partial charge >= 0.3 is 5.97 Å². The number of aliphatic carboxylic acids is 1. The van der Waals surface area contributed by atoms with Crippen LogP contribution in [0.25, 0.3) is 0 Å². The van der Waals surface area contributed by atoms with Crippen LogP contribution in [0.15, 0.2) is 54.6 Å². The van der Waals surface area contributed by atoms with Crippen LogP contribution in [0.4, 0.5) is 0 Å². The molecule has 0 saturated heterocycles. The van der Waals surface area contributed by atoms with E-state index in [-0.39, 0.29) is 17.7 Å². The number of benzene rings is 2. The van der Waals surface area contributed by atoms with Crippen molar-refractivity contribution in [3.05, 3.63) is 71.3 Å². The molecule has 0 aliphatic heterocycles. The van der Waals surface area contributed by atoms with Crippen molar-refractivity contribution >= 4 is 17.7 Å². The van der Waals surface area contributed by atoms with E-state index in [0.717, 1.165) is 0 Å². The summed E-state index contributed by atoms with van der Waals surface area (Å²) in [6, 6.07) is 15.3. The van der Waals surface area contributed by atoms with Crippen molar-refractivity contribution in [1.82, 2.24) is 5.32 Å². The summed E-state index contributed by atoms with van der Waals surface area (Å²) in [4.78, 5) is 36.4. The van der Waals surface area contributed by atoms with Gasteiger partial charge in [-0.3, -0.25) is 14.4 Å². The number of carbonyl (C=O) groups is 3. The molecule has 1 amide bonds. The van der Waals surface area contributed by atoms with E-state index in [1.807, 2.05) is 6.07 Å². The lowest BCUT2D eigenvalue weighted by molar-refractivity contribution is -0.141. The van der Waals surface area contributed by atoms with Crippen molar-refractivity contribution < 1.29 is 19.5 Å². The van der Waals surface area contributed by atoms with Crippen molar-refractivity contribution in [2.45, 2.75) is 25.3 Å². The normalized spacial score (nSPS) is 19.4. The first kappa shape index (κ1) is 16.9. The highest BCUT2D eigenvalue weighted by Gasteiger charge is 2.31. The summed E-state index contributed by atoms with van der Waals surface area (Å²) < 4.78 is 0. The maximum atomic E-state index is 12.7. The molecule has 5 heteroatoms. The molecule has 2 N–H and O–H groups in total. The number of amides is 1. The van der Waals surface area contributed by atoms with Gasteiger partial charge in [-0.2, -0.15) is 0 Å². The molecule has 0 heterocycles. The van der Waals surface area contributed by atoms with E-state index in [9.17, 15) is 14.4 Å². The maximum absolute atomic E-state index is 12.7. The Kier molecular flexibility index (Phi) is 4.93. The van der Waals surface area contributed by atoms with Gasteiger partial charge in [-0.15, -0.1) is 0 Å². The monoisotopic (exact) mass is 337 g/mol. The Balaban J connectivity index is 1.78. The predicted molar refractivity (Wildman–Crippen MR) is 92.5 cm³/mol. The summed E-state index contributed by atoms with van der Waals surface area (Å²) in [5.41, 5.74) is 1.18. The molecule has 128 valence electrons. The topological polar surface area (TPSA) is 83.5 Å². The third-order valence-electron chi connectivity index (χ3n) is 4.57. The minimum Gasteiger partial charge on any atom is -0.481 e. The molecule has 0 aromatic heterocycles. The maximum Gasteiger partial charge on any atom is 0.306 e. The lowest BCUT2D eigenvalue weighted by atomic mass is 9.97. The van der Waals surface area contributed by atoms with Crippen molar-refractivity contribution in [3.63, 3.8) is 0 Å². The number of nitrogens with one attached hydrogen (secondary N) is 1. The molecule has 5 nitrogen and oxygen atoms in total. The van der Waals surface area contributed by atoms with Crippen LogP contribution in [0.1, 0.15) is 45.5 Å². The average molecular weight is 337 g/mol. The molecule has 1 saturated carbocycles. The molecule has 2 aromatic rings. The first-order chi connectivity index (χ1) is 12.1. The Morgan fingerprint density at radius 1 is 0.880 bits per heavy atom. The van der Waals surface area contributed by atoms with E-state index < -0.39 is 11.9 Å². The van der Waals surface area contributed by atoms with Crippen LogP contribution in [-0.4, -0.2) is 28.8 Å². The Bertz CT molecular complexity index is 800. The predicted octanol–water partition coefficient (Wildman–Crippen LogP) is 2.90. The van der Waals surface area contributed by atoms with Crippen LogP contribution < -0.4 is 5.32 Å². The highest BCUT2D eigenvalue weighted by atomic mass is 16.4. The van der Waals surface area contributed by atoms with Crippen LogP contribution >= 0.6 is 0 Å². The summed E-state index contributed by atoms with van der Waals surface area (Å²) in [6.07, 6.45) is 1.62. The first-order valence-electron chi connectivity index (χ1n) is 8.28. The largest absolute Gasteiger partial charge is 0.481 e. The van der Waals surface area contributed by atoms with Gasteiger partial charge < -0.3 is 10.4 Å². The van der Waals surface area contributed by atoms with Gasteiger partial charge in [0, 0.05) is 17.2 Å². The summed E-state index contributed by atoms with van der Waals surface area (Å²) in [6.45, 7) is 0. The second kappa shape index (κ2) is 7.30. The van der Waals surface area contributed by atoms with E-state index in [1.54, 1.807) is 48.5 Å². The number of hydrogen-bond acceptors (Lipinski definition) is 3. The molecule has 0 spiro atoms. The molecular weight excluding hydrogens is 318 g/mol. The molecule has 2 aromatic carbocycles. The zero-order valence-corrected chi connectivity index (χ0v) is 13.6. The van der Waals surface area contributed by atoms with E-state index in [2.05, 4.69) is 5.32 Å².